The fourth-order valence-electron chi connectivity index (χ4n) is 0.846. The van der Waals surface area contributed by atoms with E-state index >= 15 is 0 Å². The Kier molecular flexibility index (Phi) is 3.01. The van der Waals surface area contributed by atoms with E-state index in [9.17, 15) is 9.90 Å². The van der Waals surface area contributed by atoms with Gasteiger partial charge < -0.3 is 10.2 Å². The van der Waals surface area contributed by atoms with Gasteiger partial charge in [0, 0.05) is 6.07 Å². The zero-order valence-electron chi connectivity index (χ0n) is 6.42. The van der Waals surface area contributed by atoms with Gasteiger partial charge in [-0.2, -0.15) is 0 Å². The molecule has 0 radical (unpaired) electrons. The molecule has 0 spiro atoms. The second kappa shape index (κ2) is 3.85. The standard InChI is InChI=1S/C8H6Cl2O3/c9-3-8(13)4-1-5(10)7(12)2-6(4)11/h1-2,11-12H,3H2. The van der Waals surface area contributed by atoms with Crippen molar-refractivity contribution in [1.29, 1.82) is 0 Å². The number of alkyl halides is 1. The van der Waals surface area contributed by atoms with Crippen molar-refractivity contribution in [3.05, 3.63) is 22.7 Å². The molecule has 13 heavy (non-hydrogen) atoms. The molecule has 0 fully saturated rings. The van der Waals surface area contributed by atoms with Crippen LogP contribution in [0.25, 0.3) is 0 Å². The van der Waals surface area contributed by atoms with Gasteiger partial charge in [0.1, 0.15) is 11.5 Å². The van der Waals surface area contributed by atoms with E-state index in [1.165, 1.54) is 6.07 Å². The Morgan fingerprint density at radius 3 is 2.46 bits per heavy atom. The summed E-state index contributed by atoms with van der Waals surface area (Å²) in [6, 6.07) is 2.18. The molecule has 1 aromatic rings. The van der Waals surface area contributed by atoms with Crippen LogP contribution < -0.4 is 0 Å². The molecule has 0 amide bonds. The average Bonchev–Trinajstić information content (AvgIpc) is 2.10. The molecule has 0 saturated carbocycles. The summed E-state index contributed by atoms with van der Waals surface area (Å²) in [6.07, 6.45) is 0. The van der Waals surface area contributed by atoms with Crippen LogP contribution in [0.3, 0.4) is 0 Å². The van der Waals surface area contributed by atoms with Gasteiger partial charge in [0.15, 0.2) is 5.78 Å². The number of hydrogen-bond acceptors (Lipinski definition) is 3. The van der Waals surface area contributed by atoms with Gasteiger partial charge in [-0.05, 0) is 6.07 Å². The zero-order chi connectivity index (χ0) is 10.0. The first-order valence-electron chi connectivity index (χ1n) is 3.37. The van der Waals surface area contributed by atoms with Gasteiger partial charge in [-0.15, -0.1) is 11.6 Å². The summed E-state index contributed by atoms with van der Waals surface area (Å²) < 4.78 is 0. The van der Waals surface area contributed by atoms with Crippen LogP contribution in [0.4, 0.5) is 0 Å². The normalized spacial score (nSPS) is 10.0. The summed E-state index contributed by atoms with van der Waals surface area (Å²) in [6.45, 7) is 0. The molecule has 2 N–H and O–H groups in total. The Labute approximate surface area is 84.5 Å². The number of hydrogen-bond donors (Lipinski definition) is 2. The van der Waals surface area contributed by atoms with Crippen LogP contribution in [0.2, 0.25) is 5.02 Å². The minimum absolute atomic E-state index is 0.00580. The molecule has 0 aliphatic heterocycles. The average molecular weight is 221 g/mol. The lowest BCUT2D eigenvalue weighted by atomic mass is 10.1. The van der Waals surface area contributed by atoms with Gasteiger partial charge >= 0.3 is 0 Å². The molecule has 3 nitrogen and oxygen atoms in total. The molecule has 70 valence electrons. The maximum atomic E-state index is 11.1. The summed E-state index contributed by atoms with van der Waals surface area (Å²) in [5, 5.41) is 18.3. The highest BCUT2D eigenvalue weighted by molar-refractivity contribution is 6.34. The number of phenolic OH excluding ortho intramolecular Hbond substituents is 2. The van der Waals surface area contributed by atoms with Crippen LogP contribution in [-0.4, -0.2) is 21.9 Å². The predicted molar refractivity (Wildman–Crippen MR) is 49.8 cm³/mol. The molecule has 0 aromatic heterocycles. The van der Waals surface area contributed by atoms with Crippen molar-refractivity contribution in [1.82, 2.24) is 0 Å². The number of aromatic hydroxyl groups is 2. The number of rotatable bonds is 2. The van der Waals surface area contributed by atoms with Crippen molar-refractivity contribution >= 4 is 29.0 Å². The van der Waals surface area contributed by atoms with Crippen LogP contribution in [0, 0.1) is 0 Å². The molecule has 0 atom stereocenters. The van der Waals surface area contributed by atoms with Gasteiger partial charge in [-0.3, -0.25) is 4.79 Å². The van der Waals surface area contributed by atoms with Crippen molar-refractivity contribution in [2.24, 2.45) is 0 Å². The van der Waals surface area contributed by atoms with Crippen LogP contribution in [0.1, 0.15) is 10.4 Å². The second-order valence-electron chi connectivity index (χ2n) is 2.38. The summed E-state index contributed by atoms with van der Waals surface area (Å²) in [5.74, 6) is -1.28. The highest BCUT2D eigenvalue weighted by atomic mass is 35.5. The molecule has 0 aliphatic carbocycles. The van der Waals surface area contributed by atoms with Crippen LogP contribution in [0.15, 0.2) is 12.1 Å². The fraction of sp³-hybridized carbons (Fsp3) is 0.125. The quantitative estimate of drug-likeness (QED) is 0.594. The first-order valence-corrected chi connectivity index (χ1v) is 4.28. The molecule has 0 saturated heterocycles. The Morgan fingerprint density at radius 1 is 1.31 bits per heavy atom. The van der Waals surface area contributed by atoms with Gasteiger partial charge in [0.2, 0.25) is 0 Å². The number of halogens is 2. The summed E-state index contributed by atoms with van der Waals surface area (Å²) in [4.78, 5) is 11.1. The molecule has 1 aromatic carbocycles. The van der Waals surface area contributed by atoms with Gasteiger partial charge in [0.05, 0.1) is 16.5 Å². The molecule has 0 aliphatic rings. The van der Waals surface area contributed by atoms with E-state index in [1.54, 1.807) is 0 Å². The molecule has 0 bridgehead atoms. The largest absolute Gasteiger partial charge is 0.507 e. The van der Waals surface area contributed by atoms with Crippen LogP contribution in [-0.2, 0) is 0 Å². The Morgan fingerprint density at radius 2 is 1.92 bits per heavy atom. The third kappa shape index (κ3) is 2.05. The monoisotopic (exact) mass is 220 g/mol. The van der Waals surface area contributed by atoms with E-state index in [0.29, 0.717) is 0 Å². The summed E-state index contributed by atoms with van der Waals surface area (Å²) in [7, 11) is 0. The first kappa shape index (κ1) is 10.2. The lowest BCUT2D eigenvalue weighted by Crippen LogP contribution is -2.00. The number of carbonyl (C=O) groups excluding carboxylic acids is 1. The third-order valence-electron chi connectivity index (χ3n) is 1.49. The minimum atomic E-state index is -0.443. The molecular weight excluding hydrogens is 215 g/mol. The van der Waals surface area contributed by atoms with Crippen molar-refractivity contribution in [3.63, 3.8) is 0 Å². The fourth-order valence-corrected chi connectivity index (χ4v) is 1.15. The summed E-state index contributed by atoms with van der Waals surface area (Å²) in [5.41, 5.74) is 0.0119. The van der Waals surface area contributed by atoms with Crippen molar-refractivity contribution < 1.29 is 15.0 Å². The van der Waals surface area contributed by atoms with E-state index in [1.807, 2.05) is 0 Å². The van der Waals surface area contributed by atoms with E-state index in [2.05, 4.69) is 0 Å². The van der Waals surface area contributed by atoms with E-state index < -0.39 is 5.78 Å². The zero-order valence-corrected chi connectivity index (χ0v) is 7.93. The third-order valence-corrected chi connectivity index (χ3v) is 2.03. The van der Waals surface area contributed by atoms with Crippen molar-refractivity contribution in [2.75, 3.05) is 5.88 Å². The Bertz CT molecular complexity index is 349. The van der Waals surface area contributed by atoms with Crippen molar-refractivity contribution in [3.8, 4) is 11.5 Å². The lowest BCUT2D eigenvalue weighted by molar-refractivity contribution is 0.101. The Balaban J connectivity index is 3.23. The SMILES string of the molecule is O=C(CCl)c1cc(Cl)c(O)cc1O. The molecular formula is C8H6Cl2O3. The topological polar surface area (TPSA) is 57.5 Å². The van der Waals surface area contributed by atoms with E-state index in [-0.39, 0.29) is 28.0 Å². The molecule has 0 heterocycles. The maximum Gasteiger partial charge on any atom is 0.181 e. The minimum Gasteiger partial charge on any atom is -0.507 e. The lowest BCUT2D eigenvalue weighted by Gasteiger charge is -2.03. The van der Waals surface area contributed by atoms with Gasteiger partial charge in [-0.1, -0.05) is 11.6 Å². The van der Waals surface area contributed by atoms with E-state index in [0.717, 1.165) is 6.07 Å². The van der Waals surface area contributed by atoms with Crippen LogP contribution in [0.5, 0.6) is 11.5 Å². The predicted octanol–water partition coefficient (Wildman–Crippen LogP) is 2.17. The van der Waals surface area contributed by atoms with Gasteiger partial charge in [0.25, 0.3) is 0 Å². The molecule has 1 rings (SSSR count). The van der Waals surface area contributed by atoms with Crippen molar-refractivity contribution in [2.45, 2.75) is 0 Å². The number of phenols is 2. The Hall–Kier alpha value is -0.930. The van der Waals surface area contributed by atoms with E-state index in [4.69, 9.17) is 28.3 Å². The molecule has 0 unspecified atom stereocenters. The number of ketones is 1. The highest BCUT2D eigenvalue weighted by Crippen LogP contribution is 2.31. The number of carbonyl (C=O) groups is 1. The smallest absolute Gasteiger partial charge is 0.181 e. The molecule has 5 heteroatoms. The van der Waals surface area contributed by atoms with Gasteiger partial charge in [-0.25, -0.2) is 0 Å². The highest BCUT2D eigenvalue weighted by Gasteiger charge is 2.12. The first-order chi connectivity index (χ1) is 6.06. The maximum absolute atomic E-state index is 11.1. The van der Waals surface area contributed by atoms with Crippen LogP contribution >= 0.6 is 23.2 Å². The second-order valence-corrected chi connectivity index (χ2v) is 3.05. The number of Topliss-reactive ketones (excluding diaryl/α,β-unsaturated/α-hetero) is 1. The number of benzene rings is 1. The summed E-state index contributed by atoms with van der Waals surface area (Å²) >= 11 is 10.8.